The van der Waals surface area contributed by atoms with Gasteiger partial charge in [0.25, 0.3) is 0 Å². The van der Waals surface area contributed by atoms with E-state index in [0.29, 0.717) is 22.8 Å². The number of ether oxygens (including phenoxy) is 2. The maximum Gasteiger partial charge on any atom is 0.229 e. The molecule has 1 atom stereocenters. The number of anilines is 4. The monoisotopic (exact) mass is 511 g/mol. The molecule has 0 saturated carbocycles. The Morgan fingerprint density at radius 3 is 2.67 bits per heavy atom. The smallest absolute Gasteiger partial charge is 0.229 e. The van der Waals surface area contributed by atoms with Crippen LogP contribution in [0.15, 0.2) is 65.4 Å². The van der Waals surface area contributed by atoms with E-state index in [9.17, 15) is 4.39 Å². The highest BCUT2D eigenvalue weighted by atomic mass is 79.9. The number of hydrogen-bond acceptors (Lipinski definition) is 6. The predicted molar refractivity (Wildman–Crippen MR) is 130 cm³/mol. The quantitative estimate of drug-likeness (QED) is 0.332. The molecule has 1 saturated heterocycles. The number of aromatic nitrogens is 3. The molecule has 1 fully saturated rings. The van der Waals surface area contributed by atoms with Gasteiger partial charge in [0, 0.05) is 34.7 Å². The van der Waals surface area contributed by atoms with Crippen LogP contribution in [0.4, 0.5) is 27.5 Å². The van der Waals surface area contributed by atoms with Crippen LogP contribution in [0.1, 0.15) is 13.8 Å². The highest BCUT2D eigenvalue weighted by Crippen LogP contribution is 2.28. The second-order valence-electron chi connectivity index (χ2n) is 8.34. The van der Waals surface area contributed by atoms with Gasteiger partial charge in [-0.2, -0.15) is 4.98 Å². The molecular formula is C24H23BrFN5O2. The lowest BCUT2D eigenvalue weighted by molar-refractivity contribution is -0.139. The van der Waals surface area contributed by atoms with Crippen LogP contribution in [0.3, 0.4) is 0 Å². The maximum absolute atomic E-state index is 13.2. The van der Waals surface area contributed by atoms with Crippen molar-refractivity contribution < 1.29 is 13.9 Å². The molecule has 9 heteroatoms. The summed E-state index contributed by atoms with van der Waals surface area (Å²) in [4.78, 5) is 8.90. The van der Waals surface area contributed by atoms with E-state index in [4.69, 9.17) is 9.47 Å². The van der Waals surface area contributed by atoms with Gasteiger partial charge in [-0.25, -0.2) is 9.37 Å². The van der Waals surface area contributed by atoms with E-state index in [1.54, 1.807) is 18.3 Å². The standard InChI is InChI=1S/C24H23BrFN5O2/c1-24(2)32-14-19(33-24)13-31-10-9-15-11-18(7-8-21(15)31)29-23-27-12-20(25)22(30-23)28-17-5-3-16(26)4-6-17/h3-12,19H,13-14H2,1-2H3,(H2,27,28,29,30)/t19-/m1/s1. The number of nitrogens with zero attached hydrogens (tertiary/aromatic N) is 3. The largest absolute Gasteiger partial charge is 0.348 e. The van der Waals surface area contributed by atoms with Crippen LogP contribution < -0.4 is 10.6 Å². The average molecular weight is 512 g/mol. The first-order valence-electron chi connectivity index (χ1n) is 10.6. The third-order valence-electron chi connectivity index (χ3n) is 5.35. The fourth-order valence-corrected chi connectivity index (χ4v) is 4.11. The minimum atomic E-state index is -0.528. The normalized spacial score (nSPS) is 17.4. The molecular weight excluding hydrogens is 489 g/mol. The summed E-state index contributed by atoms with van der Waals surface area (Å²) in [7, 11) is 0. The number of nitrogens with one attached hydrogen (secondary N) is 2. The second-order valence-corrected chi connectivity index (χ2v) is 9.19. The fourth-order valence-electron chi connectivity index (χ4n) is 3.82. The van der Waals surface area contributed by atoms with Gasteiger partial charge in [-0.15, -0.1) is 0 Å². The number of fused-ring (bicyclic) bond motifs is 1. The molecule has 4 aromatic rings. The third kappa shape index (κ3) is 5.00. The SMILES string of the molecule is CC1(C)OC[C@@H](Cn2ccc3cc(Nc4ncc(Br)c(Nc5ccc(F)cc5)n4)ccc32)O1. The number of rotatable bonds is 6. The van der Waals surface area contributed by atoms with E-state index in [1.165, 1.54) is 12.1 Å². The van der Waals surface area contributed by atoms with Crippen LogP contribution in [-0.4, -0.2) is 33.0 Å². The maximum atomic E-state index is 13.2. The molecule has 170 valence electrons. The molecule has 1 aliphatic heterocycles. The lowest BCUT2D eigenvalue weighted by atomic mass is 10.2. The zero-order valence-electron chi connectivity index (χ0n) is 18.2. The summed E-state index contributed by atoms with van der Waals surface area (Å²) >= 11 is 3.45. The summed E-state index contributed by atoms with van der Waals surface area (Å²) in [5.41, 5.74) is 2.71. The molecule has 0 radical (unpaired) electrons. The topological polar surface area (TPSA) is 73.2 Å². The third-order valence-corrected chi connectivity index (χ3v) is 5.93. The first-order chi connectivity index (χ1) is 15.8. The van der Waals surface area contributed by atoms with Crippen LogP contribution in [0.25, 0.3) is 10.9 Å². The Bertz CT molecular complexity index is 1290. The van der Waals surface area contributed by atoms with Crippen molar-refractivity contribution in [1.82, 2.24) is 14.5 Å². The van der Waals surface area contributed by atoms with Crippen molar-refractivity contribution in [3.63, 3.8) is 0 Å². The van der Waals surface area contributed by atoms with Gasteiger partial charge in [0.15, 0.2) is 5.79 Å². The van der Waals surface area contributed by atoms with Gasteiger partial charge >= 0.3 is 0 Å². The Morgan fingerprint density at radius 1 is 1.12 bits per heavy atom. The molecule has 0 aliphatic carbocycles. The zero-order valence-corrected chi connectivity index (χ0v) is 19.8. The first kappa shape index (κ1) is 21.8. The molecule has 1 aliphatic rings. The average Bonchev–Trinajstić information content (AvgIpc) is 3.34. The predicted octanol–water partition coefficient (Wildman–Crippen LogP) is 5.97. The van der Waals surface area contributed by atoms with E-state index < -0.39 is 5.79 Å². The fraction of sp³-hybridized carbons (Fsp3) is 0.250. The van der Waals surface area contributed by atoms with Crippen molar-refractivity contribution in [2.24, 2.45) is 0 Å². The van der Waals surface area contributed by atoms with Crippen LogP contribution in [0, 0.1) is 5.82 Å². The van der Waals surface area contributed by atoms with Crippen LogP contribution in [0.5, 0.6) is 0 Å². The van der Waals surface area contributed by atoms with Crippen molar-refractivity contribution in [1.29, 1.82) is 0 Å². The Kier molecular flexibility index (Phi) is 5.77. The van der Waals surface area contributed by atoms with E-state index in [0.717, 1.165) is 28.8 Å². The van der Waals surface area contributed by atoms with Gasteiger partial charge in [0.2, 0.25) is 5.95 Å². The zero-order chi connectivity index (χ0) is 23.0. The Labute approximate surface area is 199 Å². The minimum absolute atomic E-state index is 0.0246. The number of hydrogen-bond donors (Lipinski definition) is 2. The minimum Gasteiger partial charge on any atom is -0.348 e. The van der Waals surface area contributed by atoms with E-state index in [-0.39, 0.29) is 11.9 Å². The van der Waals surface area contributed by atoms with Crippen molar-refractivity contribution in [3.8, 4) is 0 Å². The van der Waals surface area contributed by atoms with Gasteiger partial charge in [-0.3, -0.25) is 0 Å². The summed E-state index contributed by atoms with van der Waals surface area (Å²) in [6, 6.07) is 14.3. The molecule has 0 bridgehead atoms. The lowest BCUT2D eigenvalue weighted by Crippen LogP contribution is -2.23. The van der Waals surface area contributed by atoms with Gasteiger partial charge in [0.1, 0.15) is 17.7 Å². The first-order valence-corrected chi connectivity index (χ1v) is 11.4. The van der Waals surface area contributed by atoms with Crippen molar-refractivity contribution >= 4 is 50.0 Å². The van der Waals surface area contributed by atoms with E-state index in [1.807, 2.05) is 19.9 Å². The van der Waals surface area contributed by atoms with Crippen molar-refractivity contribution in [2.75, 3.05) is 17.2 Å². The summed E-state index contributed by atoms with van der Waals surface area (Å²) in [6.07, 6.45) is 3.75. The summed E-state index contributed by atoms with van der Waals surface area (Å²) in [5.74, 6) is 0.204. The molecule has 0 spiro atoms. The molecule has 2 aromatic heterocycles. The number of halogens is 2. The van der Waals surface area contributed by atoms with Gasteiger partial charge < -0.3 is 24.7 Å². The lowest BCUT2D eigenvalue weighted by Gasteiger charge is -2.17. The van der Waals surface area contributed by atoms with Crippen molar-refractivity contribution in [3.05, 3.63) is 71.2 Å². The molecule has 0 unspecified atom stereocenters. The Morgan fingerprint density at radius 2 is 1.91 bits per heavy atom. The molecule has 7 nitrogen and oxygen atoms in total. The molecule has 0 amide bonds. The summed E-state index contributed by atoms with van der Waals surface area (Å²) in [5, 5.41) is 7.52. The van der Waals surface area contributed by atoms with Gasteiger partial charge in [0.05, 0.1) is 17.6 Å². The summed E-state index contributed by atoms with van der Waals surface area (Å²) < 4.78 is 27.7. The molecule has 2 aromatic carbocycles. The molecule has 2 N–H and O–H groups in total. The van der Waals surface area contributed by atoms with Crippen LogP contribution in [0.2, 0.25) is 0 Å². The molecule has 3 heterocycles. The van der Waals surface area contributed by atoms with E-state index >= 15 is 0 Å². The van der Waals surface area contributed by atoms with Crippen LogP contribution >= 0.6 is 15.9 Å². The molecule has 5 rings (SSSR count). The summed E-state index contributed by atoms with van der Waals surface area (Å²) in [6.45, 7) is 5.18. The highest BCUT2D eigenvalue weighted by molar-refractivity contribution is 9.10. The van der Waals surface area contributed by atoms with Gasteiger partial charge in [-0.05, 0) is 78.3 Å². The Hall–Kier alpha value is -3.01. The Balaban J connectivity index is 1.31. The van der Waals surface area contributed by atoms with E-state index in [2.05, 4.69) is 65.5 Å². The second kappa shape index (κ2) is 8.74. The van der Waals surface area contributed by atoms with Crippen molar-refractivity contribution in [2.45, 2.75) is 32.3 Å². The van der Waals surface area contributed by atoms with Gasteiger partial charge in [-0.1, -0.05) is 0 Å². The highest BCUT2D eigenvalue weighted by Gasteiger charge is 2.32. The van der Waals surface area contributed by atoms with Crippen LogP contribution in [-0.2, 0) is 16.0 Å². The number of benzene rings is 2. The molecule has 33 heavy (non-hydrogen) atoms.